The van der Waals surface area contributed by atoms with Gasteiger partial charge < -0.3 is 4.74 Å². The Balaban J connectivity index is 1.88. The first-order valence-corrected chi connectivity index (χ1v) is 6.88. The number of ketones is 1. The Hall–Kier alpha value is -1.02. The minimum atomic E-state index is 0.222. The van der Waals surface area contributed by atoms with Crippen LogP contribution < -0.4 is 4.74 Å². The van der Waals surface area contributed by atoms with Gasteiger partial charge in [0, 0.05) is 17.4 Å². The molecule has 1 aliphatic carbocycles. The minimum absolute atomic E-state index is 0.222. The molecule has 3 heteroatoms. The van der Waals surface area contributed by atoms with Crippen molar-refractivity contribution in [3.8, 4) is 5.75 Å². The fraction of sp³-hybridized carbons (Fsp3) is 0.533. The number of ether oxygens (including phenoxy) is 1. The third-order valence-corrected chi connectivity index (χ3v) is 4.17. The first kappa shape index (κ1) is 13.4. The van der Waals surface area contributed by atoms with Crippen molar-refractivity contribution in [1.82, 2.24) is 0 Å². The summed E-state index contributed by atoms with van der Waals surface area (Å²) < 4.78 is 5.72. The number of aryl methyl sites for hydroxylation is 2. The first-order valence-electron chi connectivity index (χ1n) is 6.50. The van der Waals surface area contributed by atoms with Gasteiger partial charge in [-0.15, -0.1) is 0 Å². The highest BCUT2D eigenvalue weighted by molar-refractivity contribution is 6.32. The zero-order valence-electron chi connectivity index (χ0n) is 11.0. The van der Waals surface area contributed by atoms with Crippen molar-refractivity contribution < 1.29 is 9.53 Å². The van der Waals surface area contributed by atoms with Crippen LogP contribution in [0.25, 0.3) is 0 Å². The largest absolute Gasteiger partial charge is 0.494 e. The zero-order valence-corrected chi connectivity index (χ0v) is 11.7. The lowest BCUT2D eigenvalue weighted by atomic mass is 10.0. The van der Waals surface area contributed by atoms with E-state index in [0.29, 0.717) is 12.4 Å². The van der Waals surface area contributed by atoms with Crippen molar-refractivity contribution in [2.24, 2.45) is 5.92 Å². The van der Waals surface area contributed by atoms with Gasteiger partial charge in [-0.3, -0.25) is 4.79 Å². The van der Waals surface area contributed by atoms with Gasteiger partial charge in [0.05, 0.1) is 6.61 Å². The Kier molecular flexibility index (Phi) is 4.28. The van der Waals surface area contributed by atoms with Gasteiger partial charge in [0.25, 0.3) is 0 Å². The summed E-state index contributed by atoms with van der Waals surface area (Å²) in [7, 11) is 0. The van der Waals surface area contributed by atoms with E-state index in [1.54, 1.807) is 0 Å². The van der Waals surface area contributed by atoms with Crippen LogP contribution in [0.2, 0.25) is 5.02 Å². The summed E-state index contributed by atoms with van der Waals surface area (Å²) in [5.41, 5.74) is 2.06. The van der Waals surface area contributed by atoms with E-state index in [4.69, 9.17) is 16.3 Å². The summed E-state index contributed by atoms with van der Waals surface area (Å²) in [6.45, 7) is 4.56. The number of halogens is 1. The lowest BCUT2D eigenvalue weighted by Gasteiger charge is -2.12. The number of hydrogen-bond acceptors (Lipinski definition) is 2. The smallest absolute Gasteiger partial charge is 0.136 e. The van der Waals surface area contributed by atoms with Crippen LogP contribution in [0, 0.1) is 19.8 Å². The Morgan fingerprint density at radius 2 is 2.00 bits per heavy atom. The SMILES string of the molecule is Cc1cc(OCCC2CCCC2=O)cc(C)c1Cl. The zero-order chi connectivity index (χ0) is 13.1. The molecule has 0 amide bonds. The maximum absolute atomic E-state index is 11.5. The van der Waals surface area contributed by atoms with E-state index >= 15 is 0 Å². The van der Waals surface area contributed by atoms with Crippen molar-refractivity contribution in [2.45, 2.75) is 39.5 Å². The van der Waals surface area contributed by atoms with Crippen LogP contribution in [0.15, 0.2) is 12.1 Å². The summed E-state index contributed by atoms with van der Waals surface area (Å²) in [5, 5.41) is 0.799. The van der Waals surface area contributed by atoms with E-state index in [0.717, 1.165) is 47.6 Å². The molecule has 1 aromatic rings. The minimum Gasteiger partial charge on any atom is -0.494 e. The molecule has 2 nitrogen and oxygen atoms in total. The molecule has 18 heavy (non-hydrogen) atoms. The molecule has 0 saturated heterocycles. The number of Topliss-reactive ketones (excluding diaryl/α,β-unsaturated/α-hetero) is 1. The number of carbonyl (C=O) groups is 1. The highest BCUT2D eigenvalue weighted by atomic mass is 35.5. The lowest BCUT2D eigenvalue weighted by Crippen LogP contribution is -2.11. The van der Waals surface area contributed by atoms with Gasteiger partial charge in [0.15, 0.2) is 0 Å². The van der Waals surface area contributed by atoms with E-state index in [1.807, 2.05) is 26.0 Å². The van der Waals surface area contributed by atoms with E-state index in [2.05, 4.69) is 0 Å². The van der Waals surface area contributed by atoms with Gasteiger partial charge in [-0.05, 0) is 56.4 Å². The molecular weight excluding hydrogens is 248 g/mol. The Morgan fingerprint density at radius 1 is 1.33 bits per heavy atom. The fourth-order valence-electron chi connectivity index (χ4n) is 2.50. The highest BCUT2D eigenvalue weighted by Crippen LogP contribution is 2.27. The molecule has 1 aliphatic rings. The number of rotatable bonds is 4. The predicted octanol–water partition coefficient (Wildman–Crippen LogP) is 4.09. The van der Waals surface area contributed by atoms with Gasteiger partial charge in [0.1, 0.15) is 11.5 Å². The first-order chi connectivity index (χ1) is 8.58. The average molecular weight is 267 g/mol. The highest BCUT2D eigenvalue weighted by Gasteiger charge is 2.23. The summed E-state index contributed by atoms with van der Waals surface area (Å²) in [4.78, 5) is 11.5. The average Bonchev–Trinajstić information content (AvgIpc) is 2.72. The topological polar surface area (TPSA) is 26.3 Å². The molecule has 0 aliphatic heterocycles. The second-order valence-corrected chi connectivity index (χ2v) is 5.44. The maximum Gasteiger partial charge on any atom is 0.136 e. The third kappa shape index (κ3) is 3.05. The Bertz CT molecular complexity index is 431. The lowest BCUT2D eigenvalue weighted by molar-refractivity contribution is -0.121. The number of carbonyl (C=O) groups excluding carboxylic acids is 1. The van der Waals surface area contributed by atoms with Crippen molar-refractivity contribution >= 4 is 17.4 Å². The van der Waals surface area contributed by atoms with Crippen LogP contribution in [0.3, 0.4) is 0 Å². The molecule has 1 fully saturated rings. The van der Waals surface area contributed by atoms with Gasteiger partial charge in [-0.25, -0.2) is 0 Å². The molecule has 0 spiro atoms. The molecule has 0 heterocycles. The van der Waals surface area contributed by atoms with Crippen LogP contribution in [-0.2, 0) is 4.79 Å². The molecule has 0 radical (unpaired) electrons. The maximum atomic E-state index is 11.5. The van der Waals surface area contributed by atoms with Crippen molar-refractivity contribution in [2.75, 3.05) is 6.61 Å². The number of hydrogen-bond donors (Lipinski definition) is 0. The van der Waals surface area contributed by atoms with Crippen LogP contribution in [0.4, 0.5) is 0 Å². The molecule has 1 saturated carbocycles. The van der Waals surface area contributed by atoms with Crippen LogP contribution >= 0.6 is 11.6 Å². The van der Waals surface area contributed by atoms with Crippen molar-refractivity contribution in [1.29, 1.82) is 0 Å². The molecule has 1 atom stereocenters. The van der Waals surface area contributed by atoms with Crippen molar-refractivity contribution in [3.05, 3.63) is 28.3 Å². The van der Waals surface area contributed by atoms with Crippen LogP contribution in [0.5, 0.6) is 5.75 Å². The van der Waals surface area contributed by atoms with E-state index in [9.17, 15) is 4.79 Å². The molecule has 1 unspecified atom stereocenters. The van der Waals surface area contributed by atoms with Crippen LogP contribution in [0.1, 0.15) is 36.8 Å². The summed E-state index contributed by atoms with van der Waals surface area (Å²) in [6.07, 6.45) is 3.66. The third-order valence-electron chi connectivity index (χ3n) is 3.58. The molecule has 2 rings (SSSR count). The standard InChI is InChI=1S/C15H19ClO2/c1-10-8-13(9-11(2)15(10)16)18-7-6-12-4-3-5-14(12)17/h8-9,12H,3-7H2,1-2H3. The fourth-order valence-corrected chi connectivity index (χ4v) is 2.61. The summed E-state index contributed by atoms with van der Waals surface area (Å²) in [5.74, 6) is 1.47. The Labute approximate surface area is 113 Å². The normalized spacial score (nSPS) is 19.3. The van der Waals surface area contributed by atoms with Gasteiger partial charge in [-0.1, -0.05) is 11.6 Å². The van der Waals surface area contributed by atoms with E-state index in [1.165, 1.54) is 0 Å². The molecule has 0 N–H and O–H groups in total. The van der Waals surface area contributed by atoms with E-state index < -0.39 is 0 Å². The second kappa shape index (κ2) is 5.75. The second-order valence-electron chi connectivity index (χ2n) is 5.06. The van der Waals surface area contributed by atoms with Gasteiger partial charge in [0.2, 0.25) is 0 Å². The monoisotopic (exact) mass is 266 g/mol. The molecular formula is C15H19ClO2. The predicted molar refractivity (Wildman–Crippen MR) is 73.4 cm³/mol. The quantitative estimate of drug-likeness (QED) is 0.820. The summed E-state index contributed by atoms with van der Waals surface area (Å²) in [6, 6.07) is 3.90. The molecule has 1 aromatic carbocycles. The van der Waals surface area contributed by atoms with Gasteiger partial charge >= 0.3 is 0 Å². The summed E-state index contributed by atoms with van der Waals surface area (Å²) >= 11 is 6.11. The van der Waals surface area contributed by atoms with E-state index in [-0.39, 0.29) is 5.92 Å². The van der Waals surface area contributed by atoms with Crippen molar-refractivity contribution in [3.63, 3.8) is 0 Å². The van der Waals surface area contributed by atoms with Crippen LogP contribution in [-0.4, -0.2) is 12.4 Å². The van der Waals surface area contributed by atoms with Gasteiger partial charge in [-0.2, -0.15) is 0 Å². The molecule has 98 valence electrons. The Morgan fingerprint density at radius 3 is 2.56 bits per heavy atom. The molecule has 0 bridgehead atoms. The number of benzene rings is 1. The molecule has 0 aromatic heterocycles.